The molecule has 0 saturated heterocycles. The summed E-state index contributed by atoms with van der Waals surface area (Å²) in [7, 11) is 0. The van der Waals surface area contributed by atoms with Crippen LogP contribution in [0.3, 0.4) is 0 Å². The van der Waals surface area contributed by atoms with Gasteiger partial charge in [0.2, 0.25) is 23.6 Å². The molecule has 31 heavy (non-hydrogen) atoms. The minimum absolute atomic E-state index is 0.00891. The number of carbonyl (C=O) groups excluding carboxylic acids is 2. The summed E-state index contributed by atoms with van der Waals surface area (Å²) in [6.07, 6.45) is 3.64. The van der Waals surface area contributed by atoms with E-state index in [9.17, 15) is 9.59 Å². The lowest BCUT2D eigenvalue weighted by Crippen LogP contribution is -2.25. The highest BCUT2D eigenvalue weighted by Gasteiger charge is 2.10. The zero-order chi connectivity index (χ0) is 22.1. The van der Waals surface area contributed by atoms with Gasteiger partial charge in [0.15, 0.2) is 5.65 Å². The van der Waals surface area contributed by atoms with E-state index in [0.717, 1.165) is 17.5 Å². The molecule has 2 aromatic heterocycles. The summed E-state index contributed by atoms with van der Waals surface area (Å²) in [5, 5.41) is 5.67. The van der Waals surface area contributed by atoms with Gasteiger partial charge in [-0.2, -0.15) is 9.97 Å². The number of benzene rings is 1. The molecular weight excluding hydrogens is 398 g/mol. The fraction of sp³-hybridized carbons (Fsp3) is 0.381. The lowest BCUT2D eigenvalue weighted by Gasteiger charge is -2.09. The molecule has 0 aliphatic carbocycles. The summed E-state index contributed by atoms with van der Waals surface area (Å²) in [4.78, 5) is 38.6. The highest BCUT2D eigenvalue weighted by molar-refractivity contribution is 5.79. The molecule has 3 rings (SSSR count). The number of fused-ring (bicyclic) bond motifs is 1. The maximum absolute atomic E-state index is 12.0. The number of rotatable bonds is 11. The number of nitrogen functional groups attached to an aromatic ring is 1. The molecule has 10 heteroatoms. The van der Waals surface area contributed by atoms with E-state index < -0.39 is 0 Å². The van der Waals surface area contributed by atoms with Crippen molar-refractivity contribution in [2.75, 3.05) is 12.3 Å². The van der Waals surface area contributed by atoms with Gasteiger partial charge >= 0.3 is 0 Å². The molecule has 3 aromatic rings. The normalized spacial score (nSPS) is 10.7. The van der Waals surface area contributed by atoms with Gasteiger partial charge in [-0.15, -0.1) is 0 Å². The maximum atomic E-state index is 12.0. The summed E-state index contributed by atoms with van der Waals surface area (Å²) >= 11 is 0. The number of carbonyl (C=O) groups is 2. The van der Waals surface area contributed by atoms with E-state index in [-0.39, 0.29) is 17.8 Å². The predicted octanol–water partition coefficient (Wildman–Crippen LogP) is 1.83. The van der Waals surface area contributed by atoms with Crippen molar-refractivity contribution >= 4 is 28.9 Å². The number of aromatic amines is 1. The number of aromatic nitrogens is 4. The molecule has 5 N–H and O–H groups in total. The quantitative estimate of drug-likeness (QED) is 0.366. The molecule has 1 aromatic carbocycles. The molecule has 0 unspecified atom stereocenters. The SMILES string of the molecule is CCCNC(=O)CCCC(=O)NCc1ccc(COc2nc(N)nc3nc[nH]c23)cc1. The van der Waals surface area contributed by atoms with Crippen molar-refractivity contribution in [2.45, 2.75) is 45.8 Å². The minimum Gasteiger partial charge on any atom is -0.471 e. The first-order valence-electron chi connectivity index (χ1n) is 10.3. The maximum Gasteiger partial charge on any atom is 0.245 e. The van der Waals surface area contributed by atoms with E-state index in [4.69, 9.17) is 10.5 Å². The molecule has 0 radical (unpaired) electrons. The first-order valence-corrected chi connectivity index (χ1v) is 10.3. The topological polar surface area (TPSA) is 148 Å². The predicted molar refractivity (Wildman–Crippen MR) is 116 cm³/mol. The Morgan fingerprint density at radius 2 is 1.77 bits per heavy atom. The van der Waals surface area contributed by atoms with Gasteiger partial charge in [-0.3, -0.25) is 9.59 Å². The Morgan fingerprint density at radius 1 is 1.06 bits per heavy atom. The van der Waals surface area contributed by atoms with Gasteiger partial charge in [0.1, 0.15) is 12.1 Å². The van der Waals surface area contributed by atoms with Crippen LogP contribution in [0.4, 0.5) is 5.95 Å². The molecule has 0 fully saturated rings. The number of anilines is 1. The molecule has 2 heterocycles. The summed E-state index contributed by atoms with van der Waals surface area (Å²) in [6, 6.07) is 7.71. The summed E-state index contributed by atoms with van der Waals surface area (Å²) < 4.78 is 5.77. The number of amides is 2. The Kier molecular flexibility index (Phi) is 7.74. The van der Waals surface area contributed by atoms with Gasteiger partial charge in [-0.25, -0.2) is 4.98 Å². The second-order valence-electron chi connectivity index (χ2n) is 7.07. The third-order valence-electron chi connectivity index (χ3n) is 4.54. The number of nitrogens with one attached hydrogen (secondary N) is 3. The van der Waals surface area contributed by atoms with Crippen LogP contribution in [0.1, 0.15) is 43.7 Å². The van der Waals surface area contributed by atoms with Gasteiger partial charge in [-0.05, 0) is 24.0 Å². The van der Waals surface area contributed by atoms with E-state index in [0.29, 0.717) is 56.0 Å². The average molecular weight is 425 g/mol. The van der Waals surface area contributed by atoms with Gasteiger partial charge < -0.3 is 26.1 Å². The number of hydrogen-bond donors (Lipinski definition) is 4. The van der Waals surface area contributed by atoms with Crippen LogP contribution in [0.5, 0.6) is 5.88 Å². The van der Waals surface area contributed by atoms with Crippen LogP contribution in [0.15, 0.2) is 30.6 Å². The Labute approximate surface area is 180 Å². The smallest absolute Gasteiger partial charge is 0.245 e. The van der Waals surface area contributed by atoms with E-state index in [2.05, 4.69) is 30.6 Å². The molecule has 10 nitrogen and oxygen atoms in total. The highest BCUT2D eigenvalue weighted by Crippen LogP contribution is 2.20. The summed E-state index contributed by atoms with van der Waals surface area (Å²) in [6.45, 7) is 3.41. The standard InChI is InChI=1S/C21H27N7O3/c1-2-10-23-16(29)4-3-5-17(30)24-11-14-6-8-15(9-7-14)12-31-20-18-19(26-13-25-18)27-21(22)28-20/h6-9,13H,2-5,10-12H2,1H3,(H,23,29)(H,24,30)(H3,22,25,26,27,28). The van der Waals surface area contributed by atoms with Gasteiger partial charge in [0.25, 0.3) is 0 Å². The number of imidazole rings is 1. The average Bonchev–Trinajstić information content (AvgIpc) is 3.23. The lowest BCUT2D eigenvalue weighted by molar-refractivity contribution is -0.122. The van der Waals surface area contributed by atoms with E-state index in [1.165, 1.54) is 6.33 Å². The number of nitrogens with two attached hydrogens (primary N) is 1. The van der Waals surface area contributed by atoms with Crippen LogP contribution in [-0.2, 0) is 22.7 Å². The fourth-order valence-electron chi connectivity index (χ4n) is 2.88. The van der Waals surface area contributed by atoms with Crippen LogP contribution in [0, 0.1) is 0 Å². The van der Waals surface area contributed by atoms with Crippen molar-refractivity contribution < 1.29 is 14.3 Å². The van der Waals surface area contributed by atoms with Gasteiger partial charge in [0.05, 0.1) is 6.33 Å². The van der Waals surface area contributed by atoms with Crippen molar-refractivity contribution in [3.05, 3.63) is 41.7 Å². The molecule has 0 aliphatic rings. The molecule has 164 valence electrons. The van der Waals surface area contributed by atoms with Crippen molar-refractivity contribution in [2.24, 2.45) is 0 Å². The molecule has 0 spiro atoms. The Balaban J connectivity index is 1.41. The fourth-order valence-corrected chi connectivity index (χ4v) is 2.88. The Morgan fingerprint density at radius 3 is 2.52 bits per heavy atom. The monoisotopic (exact) mass is 425 g/mol. The number of H-pyrrole nitrogens is 1. The van der Waals surface area contributed by atoms with Crippen LogP contribution < -0.4 is 21.1 Å². The number of nitrogens with zero attached hydrogens (tertiary/aromatic N) is 3. The van der Waals surface area contributed by atoms with E-state index in [1.807, 2.05) is 31.2 Å². The van der Waals surface area contributed by atoms with Crippen molar-refractivity contribution in [3.8, 4) is 5.88 Å². The Bertz CT molecular complexity index is 1020. The first-order chi connectivity index (χ1) is 15.0. The van der Waals surface area contributed by atoms with Crippen LogP contribution >= 0.6 is 0 Å². The van der Waals surface area contributed by atoms with Crippen molar-refractivity contribution in [1.29, 1.82) is 0 Å². The molecule has 0 bridgehead atoms. The lowest BCUT2D eigenvalue weighted by atomic mass is 10.1. The van der Waals surface area contributed by atoms with E-state index in [1.54, 1.807) is 0 Å². The van der Waals surface area contributed by atoms with Crippen LogP contribution in [0.25, 0.3) is 11.2 Å². The molecule has 0 saturated carbocycles. The second kappa shape index (κ2) is 10.9. The summed E-state index contributed by atoms with van der Waals surface area (Å²) in [5.41, 5.74) is 8.65. The molecular formula is C21H27N7O3. The number of hydrogen-bond acceptors (Lipinski definition) is 7. The van der Waals surface area contributed by atoms with Gasteiger partial charge in [-0.1, -0.05) is 31.2 Å². The molecule has 0 atom stereocenters. The largest absolute Gasteiger partial charge is 0.471 e. The third kappa shape index (κ3) is 6.66. The van der Waals surface area contributed by atoms with Crippen LogP contribution in [-0.4, -0.2) is 38.3 Å². The minimum atomic E-state index is -0.0689. The Hall–Kier alpha value is -3.69. The molecule has 2 amide bonds. The van der Waals surface area contributed by atoms with E-state index >= 15 is 0 Å². The highest BCUT2D eigenvalue weighted by atomic mass is 16.5. The van der Waals surface area contributed by atoms with Crippen molar-refractivity contribution in [1.82, 2.24) is 30.6 Å². The molecule has 0 aliphatic heterocycles. The van der Waals surface area contributed by atoms with Gasteiger partial charge in [0, 0.05) is 25.9 Å². The second-order valence-corrected chi connectivity index (χ2v) is 7.07. The zero-order valence-electron chi connectivity index (χ0n) is 17.5. The van der Waals surface area contributed by atoms with Crippen LogP contribution in [0.2, 0.25) is 0 Å². The number of ether oxygens (including phenoxy) is 1. The summed E-state index contributed by atoms with van der Waals surface area (Å²) in [5.74, 6) is 0.369. The third-order valence-corrected chi connectivity index (χ3v) is 4.54. The van der Waals surface area contributed by atoms with Crippen molar-refractivity contribution in [3.63, 3.8) is 0 Å². The zero-order valence-corrected chi connectivity index (χ0v) is 17.5. The first kappa shape index (κ1) is 22.0.